The number of rotatable bonds is 3. The van der Waals surface area contributed by atoms with Gasteiger partial charge in [-0.3, -0.25) is 0 Å². The molecule has 12 heteroatoms. The monoisotopic (exact) mass is 496 g/mol. The maximum atomic E-state index is 14.5. The number of alkyl halides is 2. The molecule has 0 saturated carbocycles. The van der Waals surface area contributed by atoms with Gasteiger partial charge in [0.2, 0.25) is 0 Å². The molecule has 0 unspecified atom stereocenters. The summed E-state index contributed by atoms with van der Waals surface area (Å²) in [5.41, 5.74) is 2.24. The highest BCUT2D eigenvalue weighted by atomic mass is 19.3. The number of benzene rings is 2. The Morgan fingerprint density at radius 1 is 1.03 bits per heavy atom. The predicted octanol–water partition coefficient (Wildman–Crippen LogP) is 5.21. The Labute approximate surface area is 200 Å². The van der Waals surface area contributed by atoms with Crippen LogP contribution in [0.5, 0.6) is 11.5 Å². The molecule has 36 heavy (non-hydrogen) atoms. The van der Waals surface area contributed by atoms with Gasteiger partial charge in [-0.15, -0.1) is 8.78 Å². The number of nitrogens with one attached hydrogen (secondary N) is 1. The van der Waals surface area contributed by atoms with Crippen molar-refractivity contribution in [1.29, 1.82) is 0 Å². The van der Waals surface area contributed by atoms with Gasteiger partial charge in [0, 0.05) is 30.4 Å². The summed E-state index contributed by atoms with van der Waals surface area (Å²) in [6.45, 7) is 0.633. The zero-order chi connectivity index (χ0) is 24.6. The zero-order valence-corrected chi connectivity index (χ0v) is 18.4. The number of anilines is 1. The average Bonchev–Trinajstić information content (AvgIpc) is 3.61. The standard InChI is InChI=1S/C24H16F4N6O2/c25-12-3-4-15(26)13(8-12)18-2-1-6-33(18)21-5-7-34-23(32-21)14(11-29-34)22-30-16-9-19-20(10-17(16)31-22)36-24(27,28)35-19/h3-5,7-11,18H,1-2,6H2,(H,30,31)/t18-/m1/s1. The van der Waals surface area contributed by atoms with Crippen LogP contribution in [-0.4, -0.2) is 37.4 Å². The quantitative estimate of drug-likeness (QED) is 0.346. The lowest BCUT2D eigenvalue weighted by Gasteiger charge is -2.26. The summed E-state index contributed by atoms with van der Waals surface area (Å²) < 4.78 is 65.8. The van der Waals surface area contributed by atoms with E-state index in [4.69, 9.17) is 4.98 Å². The topological polar surface area (TPSA) is 80.6 Å². The number of imidazole rings is 1. The highest BCUT2D eigenvalue weighted by Crippen LogP contribution is 2.43. The van der Waals surface area contributed by atoms with Gasteiger partial charge in [0.25, 0.3) is 0 Å². The smallest absolute Gasteiger partial charge is 0.395 e. The fraction of sp³-hybridized carbons (Fsp3) is 0.208. The molecule has 0 bridgehead atoms. The van der Waals surface area contributed by atoms with Gasteiger partial charge in [0.1, 0.15) is 23.3 Å². The van der Waals surface area contributed by atoms with Crippen LogP contribution in [0.1, 0.15) is 24.4 Å². The second-order valence-corrected chi connectivity index (χ2v) is 8.70. The van der Waals surface area contributed by atoms with Crippen LogP contribution in [0.2, 0.25) is 0 Å². The normalized spacial score (nSPS) is 18.6. The Morgan fingerprint density at radius 2 is 1.86 bits per heavy atom. The number of ether oxygens (including phenoxy) is 2. The highest BCUT2D eigenvalue weighted by molar-refractivity contribution is 5.85. The summed E-state index contributed by atoms with van der Waals surface area (Å²) >= 11 is 0. The van der Waals surface area contributed by atoms with Gasteiger partial charge < -0.3 is 19.4 Å². The Hall–Kier alpha value is -4.35. The van der Waals surface area contributed by atoms with Crippen molar-refractivity contribution in [2.45, 2.75) is 25.2 Å². The van der Waals surface area contributed by atoms with Crippen molar-refractivity contribution < 1.29 is 27.0 Å². The summed E-state index contributed by atoms with van der Waals surface area (Å²) in [6.07, 6.45) is 1.08. The minimum absolute atomic E-state index is 0.0902. The van der Waals surface area contributed by atoms with Crippen LogP contribution in [0.25, 0.3) is 28.1 Å². The molecule has 0 radical (unpaired) electrons. The number of aromatic amines is 1. The molecule has 5 aromatic rings. The zero-order valence-electron chi connectivity index (χ0n) is 18.4. The largest absolute Gasteiger partial charge is 0.586 e. The van der Waals surface area contributed by atoms with Gasteiger partial charge in [-0.1, -0.05) is 0 Å². The van der Waals surface area contributed by atoms with Crippen LogP contribution in [0.15, 0.2) is 48.8 Å². The van der Waals surface area contributed by atoms with E-state index in [2.05, 4.69) is 24.5 Å². The van der Waals surface area contributed by atoms with E-state index in [-0.39, 0.29) is 17.5 Å². The summed E-state index contributed by atoms with van der Waals surface area (Å²) in [5.74, 6) is -0.124. The lowest BCUT2D eigenvalue weighted by atomic mass is 10.0. The molecule has 1 atom stereocenters. The van der Waals surface area contributed by atoms with E-state index >= 15 is 0 Å². The number of fused-ring (bicyclic) bond motifs is 3. The van der Waals surface area contributed by atoms with Gasteiger partial charge in [-0.05, 0) is 37.1 Å². The van der Waals surface area contributed by atoms with Gasteiger partial charge in [-0.2, -0.15) is 5.10 Å². The lowest BCUT2D eigenvalue weighted by Crippen LogP contribution is -2.25. The maximum Gasteiger partial charge on any atom is 0.586 e. The third kappa shape index (κ3) is 3.24. The first-order chi connectivity index (χ1) is 17.3. The van der Waals surface area contributed by atoms with Crippen molar-refractivity contribution in [2.75, 3.05) is 11.4 Å². The van der Waals surface area contributed by atoms with Crippen LogP contribution in [0.4, 0.5) is 23.4 Å². The van der Waals surface area contributed by atoms with E-state index in [1.54, 1.807) is 23.0 Å². The fourth-order valence-electron chi connectivity index (χ4n) is 4.90. The molecule has 7 rings (SSSR count). The van der Waals surface area contributed by atoms with E-state index < -0.39 is 17.9 Å². The van der Waals surface area contributed by atoms with Crippen molar-refractivity contribution in [3.05, 3.63) is 66.0 Å². The number of H-pyrrole nitrogens is 1. The van der Waals surface area contributed by atoms with Crippen molar-refractivity contribution in [1.82, 2.24) is 24.6 Å². The molecule has 1 saturated heterocycles. The molecular weight excluding hydrogens is 480 g/mol. The van der Waals surface area contributed by atoms with Crippen molar-refractivity contribution >= 4 is 22.5 Å². The summed E-state index contributed by atoms with van der Waals surface area (Å²) in [4.78, 5) is 14.3. The Morgan fingerprint density at radius 3 is 2.72 bits per heavy atom. The SMILES string of the molecule is Fc1ccc(F)c([C@H]2CCCN2c2ccn3ncc(-c4nc5cc6c(cc5[nH]4)OC(F)(F)O6)c3n2)c1. The number of hydrogen-bond acceptors (Lipinski definition) is 6. The minimum atomic E-state index is -3.71. The molecule has 8 nitrogen and oxygen atoms in total. The Bertz CT molecular complexity index is 1620. The predicted molar refractivity (Wildman–Crippen MR) is 120 cm³/mol. The van der Waals surface area contributed by atoms with Crippen molar-refractivity contribution in [3.8, 4) is 22.9 Å². The molecule has 3 aromatic heterocycles. The van der Waals surface area contributed by atoms with E-state index in [9.17, 15) is 17.6 Å². The van der Waals surface area contributed by atoms with E-state index in [0.29, 0.717) is 52.4 Å². The second kappa shape index (κ2) is 7.33. The van der Waals surface area contributed by atoms with E-state index in [0.717, 1.165) is 18.6 Å². The van der Waals surface area contributed by atoms with Crippen LogP contribution < -0.4 is 14.4 Å². The first-order valence-corrected chi connectivity index (χ1v) is 11.2. The molecule has 0 aliphatic carbocycles. The van der Waals surface area contributed by atoms with Crippen LogP contribution in [0.3, 0.4) is 0 Å². The molecule has 0 spiro atoms. The molecule has 0 amide bonds. The van der Waals surface area contributed by atoms with Gasteiger partial charge in [0.15, 0.2) is 17.1 Å². The van der Waals surface area contributed by atoms with Crippen LogP contribution >= 0.6 is 0 Å². The van der Waals surface area contributed by atoms with Gasteiger partial charge >= 0.3 is 6.29 Å². The average molecular weight is 496 g/mol. The summed E-state index contributed by atoms with van der Waals surface area (Å²) in [5, 5.41) is 4.33. The number of hydrogen-bond donors (Lipinski definition) is 1. The minimum Gasteiger partial charge on any atom is -0.395 e. The lowest BCUT2D eigenvalue weighted by molar-refractivity contribution is -0.286. The molecule has 1 fully saturated rings. The first-order valence-electron chi connectivity index (χ1n) is 11.2. The molecule has 2 aromatic carbocycles. The summed E-state index contributed by atoms with van der Waals surface area (Å²) in [6, 6.07) is 7.67. The molecule has 2 aliphatic rings. The first kappa shape index (κ1) is 21.0. The maximum absolute atomic E-state index is 14.5. The number of halogens is 4. The molecule has 2 aliphatic heterocycles. The number of nitrogens with zero attached hydrogens (tertiary/aromatic N) is 5. The summed E-state index contributed by atoms with van der Waals surface area (Å²) in [7, 11) is 0. The molecular formula is C24H16F4N6O2. The van der Waals surface area contributed by atoms with Crippen LogP contribution in [-0.2, 0) is 0 Å². The third-order valence-corrected chi connectivity index (χ3v) is 6.48. The van der Waals surface area contributed by atoms with Crippen molar-refractivity contribution in [2.24, 2.45) is 0 Å². The van der Waals surface area contributed by atoms with Crippen molar-refractivity contribution in [3.63, 3.8) is 0 Å². The second-order valence-electron chi connectivity index (χ2n) is 8.70. The Kier molecular flexibility index (Phi) is 4.27. The van der Waals surface area contributed by atoms with E-state index in [1.165, 1.54) is 18.2 Å². The van der Waals surface area contributed by atoms with E-state index in [1.807, 2.05) is 4.90 Å². The third-order valence-electron chi connectivity index (χ3n) is 6.48. The molecule has 182 valence electrons. The fourth-order valence-corrected chi connectivity index (χ4v) is 4.90. The number of aromatic nitrogens is 5. The molecule has 1 N–H and O–H groups in total. The van der Waals surface area contributed by atoms with Gasteiger partial charge in [-0.25, -0.2) is 23.3 Å². The van der Waals surface area contributed by atoms with Gasteiger partial charge in [0.05, 0.1) is 28.8 Å². The van der Waals surface area contributed by atoms with Crippen LogP contribution in [0, 0.1) is 11.6 Å². The Balaban J connectivity index is 1.28. The molecule has 5 heterocycles. The highest BCUT2D eigenvalue weighted by Gasteiger charge is 2.43.